The zero-order valence-corrected chi connectivity index (χ0v) is 23.4. The number of hydrogen-bond donors (Lipinski definition) is 2. The number of amides is 1. The molecule has 0 unspecified atom stereocenters. The van der Waals surface area contributed by atoms with Gasteiger partial charge in [-0.3, -0.25) is 4.79 Å². The molecule has 37 heavy (non-hydrogen) atoms. The molecule has 0 aromatic heterocycles. The van der Waals surface area contributed by atoms with Gasteiger partial charge in [-0.25, -0.2) is 4.99 Å². The Labute approximate surface area is 224 Å². The number of rotatable bonds is 11. The van der Waals surface area contributed by atoms with Crippen LogP contribution in [0.4, 0.5) is 11.4 Å². The van der Waals surface area contributed by atoms with E-state index in [4.69, 9.17) is 5.73 Å². The van der Waals surface area contributed by atoms with Gasteiger partial charge in [-0.05, 0) is 73.6 Å². The molecule has 198 valence electrons. The molecule has 0 aliphatic rings. The summed E-state index contributed by atoms with van der Waals surface area (Å²) in [5.41, 5.74) is 11.9. The largest absolute Gasteiger partial charge is 0.387 e. The second-order valence-corrected chi connectivity index (χ2v) is 9.89. The predicted molar refractivity (Wildman–Crippen MR) is 160 cm³/mol. The number of benzene rings is 3. The number of aryl methyl sites for hydroxylation is 3. The minimum Gasteiger partial charge on any atom is -0.387 e. The number of carbonyl (C=O) groups excluding carboxylic acids is 1. The van der Waals surface area contributed by atoms with Crippen LogP contribution in [0.15, 0.2) is 77.8 Å². The zero-order chi connectivity index (χ0) is 27.0. The third-order valence-corrected chi connectivity index (χ3v) is 6.26. The summed E-state index contributed by atoms with van der Waals surface area (Å²) in [7, 11) is 0. The summed E-state index contributed by atoms with van der Waals surface area (Å²) in [4.78, 5) is 17.0. The van der Waals surface area contributed by atoms with Crippen LogP contribution < -0.4 is 11.1 Å². The molecule has 0 bridgehead atoms. The van der Waals surface area contributed by atoms with Crippen molar-refractivity contribution in [2.45, 2.75) is 79.6 Å². The van der Waals surface area contributed by atoms with Crippen LogP contribution in [-0.2, 0) is 12.8 Å². The van der Waals surface area contributed by atoms with Crippen LogP contribution in [-0.4, -0.2) is 11.7 Å². The highest BCUT2D eigenvalue weighted by molar-refractivity contribution is 6.04. The zero-order valence-electron chi connectivity index (χ0n) is 23.4. The number of nitrogens with zero attached hydrogens (tertiary/aromatic N) is 1. The van der Waals surface area contributed by atoms with Gasteiger partial charge in [0.25, 0.3) is 5.91 Å². The lowest BCUT2D eigenvalue weighted by atomic mass is 10.0. The average molecular weight is 500 g/mol. The van der Waals surface area contributed by atoms with Gasteiger partial charge in [0, 0.05) is 17.2 Å². The van der Waals surface area contributed by atoms with Crippen molar-refractivity contribution in [3.63, 3.8) is 0 Å². The fourth-order valence-corrected chi connectivity index (χ4v) is 3.71. The third-order valence-electron chi connectivity index (χ3n) is 6.26. The summed E-state index contributed by atoms with van der Waals surface area (Å²) < 4.78 is 0. The van der Waals surface area contributed by atoms with Crippen molar-refractivity contribution >= 4 is 23.1 Å². The summed E-state index contributed by atoms with van der Waals surface area (Å²) in [6.07, 6.45) is 8.53. The summed E-state index contributed by atoms with van der Waals surface area (Å²) >= 11 is 0. The fraction of sp³-hybridized carbons (Fsp3) is 0.394. The average Bonchev–Trinajstić information content (AvgIpc) is 2.90. The Bertz CT molecular complexity index is 1100. The number of hydrogen-bond acceptors (Lipinski definition) is 2. The van der Waals surface area contributed by atoms with Crippen LogP contribution in [0.1, 0.15) is 86.8 Å². The van der Waals surface area contributed by atoms with Crippen molar-refractivity contribution in [1.82, 2.24) is 0 Å². The molecule has 3 rings (SSSR count). The third kappa shape index (κ3) is 11.0. The minimum absolute atomic E-state index is 0.120. The second-order valence-electron chi connectivity index (χ2n) is 9.89. The van der Waals surface area contributed by atoms with Gasteiger partial charge in [-0.1, -0.05) is 95.5 Å². The second kappa shape index (κ2) is 16.4. The summed E-state index contributed by atoms with van der Waals surface area (Å²) in [5, 5.41) is 2.95. The molecule has 0 atom stereocenters. The molecule has 3 aromatic carbocycles. The Morgan fingerprint density at radius 1 is 0.838 bits per heavy atom. The lowest BCUT2D eigenvalue weighted by Gasteiger charge is -2.10. The Hall–Kier alpha value is -3.40. The van der Waals surface area contributed by atoms with Crippen LogP contribution in [0.3, 0.4) is 0 Å². The van der Waals surface area contributed by atoms with Gasteiger partial charge in [0.2, 0.25) is 0 Å². The van der Waals surface area contributed by atoms with E-state index in [2.05, 4.69) is 54.5 Å². The summed E-state index contributed by atoms with van der Waals surface area (Å²) in [6, 6.07) is 24.2. The molecule has 0 aliphatic carbocycles. The number of unbranched alkanes of at least 4 members (excludes halogenated alkanes) is 3. The van der Waals surface area contributed by atoms with Crippen LogP contribution in [0.25, 0.3) is 0 Å². The van der Waals surface area contributed by atoms with Gasteiger partial charge in [0.1, 0.15) is 5.84 Å². The van der Waals surface area contributed by atoms with E-state index >= 15 is 0 Å². The molecule has 0 radical (unpaired) electrons. The van der Waals surface area contributed by atoms with Crippen LogP contribution in [0, 0.1) is 12.8 Å². The molecule has 0 fully saturated rings. The van der Waals surface area contributed by atoms with E-state index in [9.17, 15) is 4.79 Å². The van der Waals surface area contributed by atoms with Crippen molar-refractivity contribution < 1.29 is 4.79 Å². The number of anilines is 1. The molecule has 4 nitrogen and oxygen atoms in total. The van der Waals surface area contributed by atoms with E-state index < -0.39 is 0 Å². The lowest BCUT2D eigenvalue weighted by molar-refractivity contribution is 0.102. The topological polar surface area (TPSA) is 67.5 Å². The maximum absolute atomic E-state index is 12.5. The quantitative estimate of drug-likeness (QED) is 0.157. The van der Waals surface area contributed by atoms with Crippen LogP contribution in [0.2, 0.25) is 0 Å². The SMILES string of the molecule is CCCCCc1ccc(C(=O)Nc2ccc(C)c(N=C(N)C(C)C)c2)cc1.CCCCc1ccccc1. The highest BCUT2D eigenvalue weighted by atomic mass is 16.1. The lowest BCUT2D eigenvalue weighted by Crippen LogP contribution is -2.18. The van der Waals surface area contributed by atoms with Gasteiger partial charge in [0.15, 0.2) is 0 Å². The Kier molecular flexibility index (Phi) is 13.2. The fourth-order valence-electron chi connectivity index (χ4n) is 3.71. The summed E-state index contributed by atoms with van der Waals surface area (Å²) in [5.74, 6) is 0.643. The molecule has 3 aromatic rings. The van der Waals surface area contributed by atoms with Crippen molar-refractivity contribution in [2.75, 3.05) is 5.32 Å². The standard InChI is InChI=1S/C23H31N3O.C10H14/c1-5-6-7-8-18-10-12-19(13-11-18)23(27)25-20-14-9-17(4)21(15-20)26-22(24)16(2)3;1-2-3-7-10-8-5-4-6-9-10/h9-16H,5-8H2,1-4H3,(H2,24,26)(H,25,27);4-6,8-9H,2-3,7H2,1H3. The van der Waals surface area contributed by atoms with Crippen molar-refractivity contribution in [2.24, 2.45) is 16.6 Å². The molecular weight excluding hydrogens is 454 g/mol. The highest BCUT2D eigenvalue weighted by Crippen LogP contribution is 2.24. The maximum Gasteiger partial charge on any atom is 0.255 e. The first kappa shape index (κ1) is 29.8. The first-order chi connectivity index (χ1) is 17.8. The van der Waals surface area contributed by atoms with E-state index in [-0.39, 0.29) is 11.8 Å². The van der Waals surface area contributed by atoms with Gasteiger partial charge >= 0.3 is 0 Å². The molecule has 4 heteroatoms. The molecule has 0 saturated heterocycles. The maximum atomic E-state index is 12.5. The molecule has 0 heterocycles. The number of nitrogens with two attached hydrogens (primary N) is 1. The van der Waals surface area contributed by atoms with Gasteiger partial charge < -0.3 is 11.1 Å². The molecule has 1 amide bonds. The molecule has 0 aliphatic heterocycles. The van der Waals surface area contributed by atoms with Crippen LogP contribution in [0.5, 0.6) is 0 Å². The minimum atomic E-state index is -0.120. The van der Waals surface area contributed by atoms with Crippen molar-refractivity contribution in [3.05, 3.63) is 95.1 Å². The van der Waals surface area contributed by atoms with Crippen LogP contribution >= 0.6 is 0 Å². The normalized spacial score (nSPS) is 11.1. The van der Waals surface area contributed by atoms with Gasteiger partial charge in [-0.2, -0.15) is 0 Å². The Balaban J connectivity index is 0.000000402. The van der Waals surface area contributed by atoms with Gasteiger partial charge in [0.05, 0.1) is 5.69 Å². The highest BCUT2D eigenvalue weighted by Gasteiger charge is 2.08. The first-order valence-corrected chi connectivity index (χ1v) is 13.7. The monoisotopic (exact) mass is 499 g/mol. The van der Waals surface area contributed by atoms with Crippen molar-refractivity contribution in [3.8, 4) is 0 Å². The Morgan fingerprint density at radius 3 is 2.08 bits per heavy atom. The van der Waals surface area contributed by atoms with Crippen molar-refractivity contribution in [1.29, 1.82) is 0 Å². The first-order valence-electron chi connectivity index (χ1n) is 13.7. The molecule has 0 saturated carbocycles. The summed E-state index contributed by atoms with van der Waals surface area (Å²) in [6.45, 7) is 10.4. The number of nitrogens with one attached hydrogen (secondary N) is 1. The van der Waals surface area contributed by atoms with E-state index in [0.717, 1.165) is 17.7 Å². The van der Waals surface area contributed by atoms with E-state index in [1.807, 2.05) is 63.2 Å². The van der Waals surface area contributed by atoms with E-state index in [0.29, 0.717) is 17.1 Å². The number of aliphatic imine (C=N–C) groups is 1. The number of carbonyl (C=O) groups is 1. The smallest absolute Gasteiger partial charge is 0.255 e. The number of amidine groups is 1. The van der Waals surface area contributed by atoms with Gasteiger partial charge in [-0.15, -0.1) is 0 Å². The van der Waals surface area contributed by atoms with E-state index in [1.165, 1.54) is 49.7 Å². The molecule has 0 spiro atoms. The Morgan fingerprint density at radius 2 is 1.46 bits per heavy atom. The predicted octanol–water partition coefficient (Wildman–Crippen LogP) is 8.65. The van der Waals surface area contributed by atoms with E-state index in [1.54, 1.807) is 0 Å². The molecular formula is C33H45N3O. The molecule has 3 N–H and O–H groups in total.